The molecule has 24 heavy (non-hydrogen) atoms. The van der Waals surface area contributed by atoms with E-state index < -0.39 is 0 Å². The normalized spacial score (nSPS) is 16.5. The maximum Gasteiger partial charge on any atom is 0.0567 e. The fourth-order valence-corrected chi connectivity index (χ4v) is 4.55. The molecule has 2 aromatic carbocycles. The smallest absolute Gasteiger partial charge is 0.0567 e. The number of hydrogen-bond donors (Lipinski definition) is 0. The Hall–Kier alpha value is -2.32. The topological polar surface area (TPSA) is 8.17 Å². The molecule has 2 heteroatoms. The van der Waals surface area contributed by atoms with Gasteiger partial charge in [0.25, 0.3) is 0 Å². The third kappa shape index (κ3) is 1.93. The molecule has 0 amide bonds. The third-order valence-corrected chi connectivity index (χ3v) is 5.62. The van der Waals surface area contributed by atoms with Crippen molar-refractivity contribution in [1.29, 1.82) is 0 Å². The van der Waals surface area contributed by atoms with Gasteiger partial charge in [0, 0.05) is 42.8 Å². The van der Waals surface area contributed by atoms with Gasteiger partial charge >= 0.3 is 0 Å². The fourth-order valence-electron chi connectivity index (χ4n) is 4.55. The Morgan fingerprint density at radius 3 is 2.71 bits per heavy atom. The van der Waals surface area contributed by atoms with Crippen molar-refractivity contribution in [1.82, 2.24) is 9.47 Å². The standard InChI is InChI=1S/C22H22N2/c1-2-13-23-14-12-21-19(15-23)18-8-5-7-17-11-10-16-6-3-4-9-20(16)24(21)22(17)18/h2-9H,1,10-15H2. The zero-order valence-corrected chi connectivity index (χ0v) is 14.0. The molecule has 0 bridgehead atoms. The van der Waals surface area contributed by atoms with E-state index >= 15 is 0 Å². The number of aryl methyl sites for hydroxylation is 2. The van der Waals surface area contributed by atoms with Crippen LogP contribution in [0.15, 0.2) is 55.1 Å². The summed E-state index contributed by atoms with van der Waals surface area (Å²) in [5.41, 5.74) is 8.86. The van der Waals surface area contributed by atoms with Gasteiger partial charge in [-0.05, 0) is 35.6 Å². The second-order valence-corrected chi connectivity index (χ2v) is 6.98. The van der Waals surface area contributed by atoms with E-state index in [1.807, 2.05) is 6.08 Å². The molecule has 0 N–H and O–H groups in total. The Kier molecular flexibility index (Phi) is 3.14. The minimum atomic E-state index is 0.975. The van der Waals surface area contributed by atoms with Gasteiger partial charge in [-0.15, -0.1) is 6.58 Å². The van der Waals surface area contributed by atoms with Crippen molar-refractivity contribution in [3.8, 4) is 5.69 Å². The van der Waals surface area contributed by atoms with E-state index in [-0.39, 0.29) is 0 Å². The maximum atomic E-state index is 3.91. The Bertz CT molecular complexity index is 948. The summed E-state index contributed by atoms with van der Waals surface area (Å²) in [6.45, 7) is 7.04. The SMILES string of the molecule is C=CCN1CCc2c(c3cccc4c3n2-c2ccccc2CC4)C1. The number of fused-ring (bicyclic) bond motifs is 5. The van der Waals surface area contributed by atoms with Gasteiger partial charge in [0.1, 0.15) is 0 Å². The summed E-state index contributed by atoms with van der Waals surface area (Å²) in [5, 5.41) is 1.45. The van der Waals surface area contributed by atoms with Gasteiger partial charge in [-0.3, -0.25) is 4.90 Å². The monoisotopic (exact) mass is 314 g/mol. The van der Waals surface area contributed by atoms with Crippen LogP contribution in [0.1, 0.15) is 22.4 Å². The molecule has 0 fully saturated rings. The molecule has 5 rings (SSSR count). The van der Waals surface area contributed by atoms with E-state index in [4.69, 9.17) is 0 Å². The van der Waals surface area contributed by atoms with E-state index in [1.165, 1.54) is 39.0 Å². The molecule has 2 aliphatic heterocycles. The van der Waals surface area contributed by atoms with Crippen molar-refractivity contribution in [2.75, 3.05) is 13.1 Å². The molecule has 3 aromatic rings. The zero-order valence-electron chi connectivity index (χ0n) is 14.0. The molecular weight excluding hydrogens is 292 g/mol. The van der Waals surface area contributed by atoms with Crippen LogP contribution in [0.5, 0.6) is 0 Å². The number of para-hydroxylation sites is 2. The lowest BCUT2D eigenvalue weighted by Crippen LogP contribution is -2.31. The van der Waals surface area contributed by atoms with Crippen LogP contribution in [0.25, 0.3) is 16.6 Å². The van der Waals surface area contributed by atoms with Crippen LogP contribution in [0.2, 0.25) is 0 Å². The number of aromatic nitrogens is 1. The van der Waals surface area contributed by atoms with E-state index in [0.717, 1.165) is 38.9 Å². The molecule has 2 aliphatic rings. The third-order valence-electron chi connectivity index (χ3n) is 5.62. The van der Waals surface area contributed by atoms with Crippen LogP contribution in [0.4, 0.5) is 0 Å². The molecule has 2 nitrogen and oxygen atoms in total. The van der Waals surface area contributed by atoms with Crippen molar-refractivity contribution < 1.29 is 0 Å². The lowest BCUT2D eigenvalue weighted by Gasteiger charge is -2.27. The van der Waals surface area contributed by atoms with Crippen LogP contribution in [0.3, 0.4) is 0 Å². The lowest BCUT2D eigenvalue weighted by atomic mass is 9.99. The summed E-state index contributed by atoms with van der Waals surface area (Å²) in [6.07, 6.45) is 5.40. The quantitative estimate of drug-likeness (QED) is 0.641. The highest BCUT2D eigenvalue weighted by Gasteiger charge is 2.27. The first-order chi connectivity index (χ1) is 11.9. The molecule has 120 valence electrons. The lowest BCUT2D eigenvalue weighted by molar-refractivity contribution is 0.281. The van der Waals surface area contributed by atoms with Gasteiger partial charge in [-0.25, -0.2) is 0 Å². The van der Waals surface area contributed by atoms with Crippen LogP contribution >= 0.6 is 0 Å². The summed E-state index contributed by atoms with van der Waals surface area (Å²) < 4.78 is 2.58. The first-order valence-electron chi connectivity index (χ1n) is 8.92. The molecule has 3 heterocycles. The number of nitrogens with zero attached hydrogens (tertiary/aromatic N) is 2. The first-order valence-corrected chi connectivity index (χ1v) is 8.92. The van der Waals surface area contributed by atoms with Crippen molar-refractivity contribution in [2.45, 2.75) is 25.8 Å². The molecule has 0 aliphatic carbocycles. The summed E-state index contributed by atoms with van der Waals surface area (Å²) in [5.74, 6) is 0. The molecule has 0 saturated heterocycles. The maximum absolute atomic E-state index is 3.91. The van der Waals surface area contributed by atoms with E-state index in [2.05, 4.69) is 58.5 Å². The average molecular weight is 314 g/mol. The highest BCUT2D eigenvalue weighted by atomic mass is 15.1. The predicted octanol–water partition coefficient (Wildman–Crippen LogP) is 4.27. The summed E-state index contributed by atoms with van der Waals surface area (Å²) >= 11 is 0. The summed E-state index contributed by atoms with van der Waals surface area (Å²) in [7, 11) is 0. The minimum Gasteiger partial charge on any atom is -0.313 e. The molecule has 0 atom stereocenters. The fraction of sp³-hybridized carbons (Fsp3) is 0.273. The second kappa shape index (κ2) is 5.35. The van der Waals surface area contributed by atoms with E-state index in [9.17, 15) is 0 Å². The number of hydrogen-bond acceptors (Lipinski definition) is 1. The Balaban J connectivity index is 1.82. The molecule has 1 aromatic heterocycles. The molecular formula is C22H22N2. The summed E-state index contributed by atoms with van der Waals surface area (Å²) in [6, 6.07) is 15.8. The Labute approximate surface area is 143 Å². The predicted molar refractivity (Wildman–Crippen MR) is 99.9 cm³/mol. The van der Waals surface area contributed by atoms with Crippen LogP contribution in [0, 0.1) is 0 Å². The van der Waals surface area contributed by atoms with E-state index in [0.29, 0.717) is 0 Å². The van der Waals surface area contributed by atoms with Crippen molar-refractivity contribution in [3.05, 3.63) is 77.5 Å². The minimum absolute atomic E-state index is 0.975. The van der Waals surface area contributed by atoms with Crippen LogP contribution in [-0.4, -0.2) is 22.6 Å². The Morgan fingerprint density at radius 2 is 1.79 bits per heavy atom. The van der Waals surface area contributed by atoms with Gasteiger partial charge in [0.15, 0.2) is 0 Å². The second-order valence-electron chi connectivity index (χ2n) is 6.98. The van der Waals surface area contributed by atoms with Crippen molar-refractivity contribution >= 4 is 10.9 Å². The van der Waals surface area contributed by atoms with Crippen molar-refractivity contribution in [3.63, 3.8) is 0 Å². The largest absolute Gasteiger partial charge is 0.313 e. The molecule has 0 saturated carbocycles. The van der Waals surface area contributed by atoms with Gasteiger partial charge in [-0.1, -0.05) is 42.5 Å². The summed E-state index contributed by atoms with van der Waals surface area (Å²) in [4.78, 5) is 2.50. The van der Waals surface area contributed by atoms with Gasteiger partial charge in [0.05, 0.1) is 5.52 Å². The highest BCUT2D eigenvalue weighted by molar-refractivity contribution is 5.91. The zero-order chi connectivity index (χ0) is 16.1. The van der Waals surface area contributed by atoms with Gasteiger partial charge in [0.2, 0.25) is 0 Å². The number of benzene rings is 2. The van der Waals surface area contributed by atoms with E-state index in [1.54, 1.807) is 0 Å². The first kappa shape index (κ1) is 14.1. The molecule has 0 unspecified atom stereocenters. The average Bonchev–Trinajstić information content (AvgIpc) is 2.84. The van der Waals surface area contributed by atoms with Crippen LogP contribution < -0.4 is 0 Å². The van der Waals surface area contributed by atoms with Gasteiger partial charge < -0.3 is 4.57 Å². The van der Waals surface area contributed by atoms with Crippen molar-refractivity contribution in [2.24, 2.45) is 0 Å². The van der Waals surface area contributed by atoms with Gasteiger partial charge in [-0.2, -0.15) is 0 Å². The highest BCUT2D eigenvalue weighted by Crippen LogP contribution is 2.38. The molecule has 0 spiro atoms. The van der Waals surface area contributed by atoms with Crippen LogP contribution in [-0.2, 0) is 25.8 Å². The number of rotatable bonds is 2. The Morgan fingerprint density at radius 1 is 0.958 bits per heavy atom. The molecule has 0 radical (unpaired) electrons.